The maximum absolute atomic E-state index is 12.5. The lowest BCUT2D eigenvalue weighted by Crippen LogP contribution is -2.40. The molecule has 2 atom stereocenters. The molecule has 0 aromatic rings. The number of esters is 2. The summed E-state index contributed by atoms with van der Waals surface area (Å²) in [4.78, 5) is 25.1. The van der Waals surface area contributed by atoms with Crippen molar-refractivity contribution in [2.75, 3.05) is 14.2 Å². The van der Waals surface area contributed by atoms with Gasteiger partial charge in [-0.25, -0.2) is 0 Å². The van der Waals surface area contributed by atoms with Gasteiger partial charge in [0.1, 0.15) is 0 Å². The van der Waals surface area contributed by atoms with Crippen LogP contribution in [0.2, 0.25) is 0 Å². The number of carbonyl (C=O) groups is 2. The van der Waals surface area contributed by atoms with Gasteiger partial charge in [-0.05, 0) is 42.4 Å². The zero-order valence-electron chi connectivity index (χ0n) is 15.8. The summed E-state index contributed by atoms with van der Waals surface area (Å²) in [7, 11) is 2.68. The van der Waals surface area contributed by atoms with E-state index in [2.05, 4.69) is 45.9 Å². The van der Waals surface area contributed by atoms with Gasteiger partial charge < -0.3 is 9.47 Å². The SMILES string of the molecule is COC(=O)C1(C(=O)OC)C[C@H]2C=CCC/C(=C\C(C)(C)C)[C@@]2(C)C1. The van der Waals surface area contributed by atoms with Gasteiger partial charge in [0.05, 0.1) is 14.2 Å². The minimum absolute atomic E-state index is 0.0506. The Morgan fingerprint density at radius 3 is 2.29 bits per heavy atom. The monoisotopic (exact) mass is 334 g/mol. The highest BCUT2D eigenvalue weighted by atomic mass is 16.5. The zero-order valence-corrected chi connectivity index (χ0v) is 15.8. The lowest BCUT2D eigenvalue weighted by Gasteiger charge is -2.34. The molecule has 134 valence electrons. The van der Waals surface area contributed by atoms with Gasteiger partial charge in [0.15, 0.2) is 5.41 Å². The highest BCUT2D eigenvalue weighted by molar-refractivity contribution is 6.00. The van der Waals surface area contributed by atoms with Crippen LogP contribution < -0.4 is 0 Å². The number of ether oxygens (including phenoxy) is 2. The average molecular weight is 334 g/mol. The van der Waals surface area contributed by atoms with E-state index in [0.29, 0.717) is 12.8 Å². The van der Waals surface area contributed by atoms with E-state index in [4.69, 9.17) is 9.47 Å². The number of hydrogen-bond donors (Lipinski definition) is 0. The molecule has 2 aliphatic carbocycles. The third kappa shape index (κ3) is 3.15. The van der Waals surface area contributed by atoms with Gasteiger partial charge in [0.25, 0.3) is 0 Å². The first-order chi connectivity index (χ1) is 11.1. The Balaban J connectivity index is 2.54. The van der Waals surface area contributed by atoms with Crippen LogP contribution in [0.1, 0.15) is 53.4 Å². The lowest BCUT2D eigenvalue weighted by molar-refractivity contribution is -0.169. The summed E-state index contributed by atoms with van der Waals surface area (Å²) in [5.41, 5.74) is -0.0566. The van der Waals surface area contributed by atoms with Gasteiger partial charge in [-0.15, -0.1) is 0 Å². The number of allylic oxidation sites excluding steroid dienone is 4. The third-order valence-corrected chi connectivity index (χ3v) is 5.50. The van der Waals surface area contributed by atoms with Crippen molar-refractivity contribution >= 4 is 11.9 Å². The fourth-order valence-corrected chi connectivity index (χ4v) is 4.39. The number of rotatable bonds is 2. The molecule has 0 saturated heterocycles. The minimum atomic E-state index is -1.21. The van der Waals surface area contributed by atoms with Crippen molar-refractivity contribution in [2.45, 2.75) is 53.4 Å². The molecule has 2 rings (SSSR count). The molecule has 1 fully saturated rings. The first kappa shape index (κ1) is 18.8. The Morgan fingerprint density at radius 1 is 1.21 bits per heavy atom. The van der Waals surface area contributed by atoms with Crippen molar-refractivity contribution in [1.29, 1.82) is 0 Å². The van der Waals surface area contributed by atoms with E-state index >= 15 is 0 Å². The Hall–Kier alpha value is -1.58. The quantitative estimate of drug-likeness (QED) is 0.434. The van der Waals surface area contributed by atoms with E-state index in [1.807, 2.05) is 0 Å². The molecule has 4 heteroatoms. The average Bonchev–Trinajstić information content (AvgIpc) is 2.75. The van der Waals surface area contributed by atoms with E-state index in [-0.39, 0.29) is 16.7 Å². The molecule has 0 bridgehead atoms. The van der Waals surface area contributed by atoms with E-state index in [1.54, 1.807) is 0 Å². The molecule has 0 spiro atoms. The Kier molecular flexibility index (Phi) is 4.98. The second-order valence-corrected chi connectivity index (χ2v) is 8.47. The van der Waals surface area contributed by atoms with E-state index in [9.17, 15) is 9.59 Å². The summed E-state index contributed by atoms with van der Waals surface area (Å²) in [6.07, 6.45) is 9.51. The van der Waals surface area contributed by atoms with Crippen molar-refractivity contribution in [2.24, 2.45) is 22.2 Å². The van der Waals surface area contributed by atoms with Crippen molar-refractivity contribution in [1.82, 2.24) is 0 Å². The predicted molar refractivity (Wildman–Crippen MR) is 93.2 cm³/mol. The Bertz CT molecular complexity index is 563. The molecule has 0 radical (unpaired) electrons. The van der Waals surface area contributed by atoms with Crippen LogP contribution in [0, 0.1) is 22.2 Å². The number of hydrogen-bond acceptors (Lipinski definition) is 4. The molecule has 24 heavy (non-hydrogen) atoms. The molecule has 0 N–H and O–H groups in total. The van der Waals surface area contributed by atoms with Gasteiger partial charge in [-0.1, -0.05) is 51.5 Å². The highest BCUT2D eigenvalue weighted by Gasteiger charge is 2.62. The maximum atomic E-state index is 12.5. The first-order valence-electron chi connectivity index (χ1n) is 8.65. The van der Waals surface area contributed by atoms with Crippen molar-refractivity contribution in [3.63, 3.8) is 0 Å². The fourth-order valence-electron chi connectivity index (χ4n) is 4.39. The van der Waals surface area contributed by atoms with E-state index < -0.39 is 17.4 Å². The van der Waals surface area contributed by atoms with Gasteiger partial charge in [0.2, 0.25) is 0 Å². The zero-order chi connectivity index (χ0) is 18.2. The van der Waals surface area contributed by atoms with Gasteiger partial charge in [-0.2, -0.15) is 0 Å². The summed E-state index contributed by atoms with van der Waals surface area (Å²) in [5, 5.41) is 0. The van der Waals surface area contributed by atoms with Crippen LogP contribution in [-0.2, 0) is 19.1 Å². The second-order valence-electron chi connectivity index (χ2n) is 8.47. The van der Waals surface area contributed by atoms with Crippen molar-refractivity contribution in [3.8, 4) is 0 Å². The molecule has 0 heterocycles. The standard InChI is InChI=1S/C20H30O4/c1-18(2,3)11-14-9-7-8-10-15-12-20(16(21)23-5,17(22)24-6)13-19(14,15)4/h8,10-11,15H,7,9,12-13H2,1-6H3/b14-11+/t15-,19-/m1/s1. The molecule has 0 aliphatic heterocycles. The summed E-state index contributed by atoms with van der Waals surface area (Å²) >= 11 is 0. The van der Waals surface area contributed by atoms with Crippen LogP contribution in [0.5, 0.6) is 0 Å². The molecule has 0 aromatic carbocycles. The summed E-state index contributed by atoms with van der Waals surface area (Å²) in [5.74, 6) is -0.828. The van der Waals surface area contributed by atoms with Gasteiger partial charge in [0, 0.05) is 0 Å². The first-order valence-corrected chi connectivity index (χ1v) is 8.65. The predicted octanol–water partition coefficient (Wildman–Crippen LogP) is 4.06. The van der Waals surface area contributed by atoms with Crippen LogP contribution in [0.25, 0.3) is 0 Å². The van der Waals surface area contributed by atoms with Gasteiger partial charge >= 0.3 is 11.9 Å². The van der Waals surface area contributed by atoms with Gasteiger partial charge in [-0.3, -0.25) is 9.59 Å². The van der Waals surface area contributed by atoms with E-state index in [1.165, 1.54) is 19.8 Å². The molecule has 0 unspecified atom stereocenters. The normalized spacial score (nSPS) is 30.6. The molecular weight excluding hydrogens is 304 g/mol. The summed E-state index contributed by atoms with van der Waals surface area (Å²) in [6, 6.07) is 0. The minimum Gasteiger partial charge on any atom is -0.468 e. The van der Waals surface area contributed by atoms with Crippen LogP contribution >= 0.6 is 0 Å². The highest BCUT2D eigenvalue weighted by Crippen LogP contribution is 2.60. The summed E-state index contributed by atoms with van der Waals surface area (Å²) in [6.45, 7) is 8.72. The number of carbonyl (C=O) groups excluding carboxylic acids is 2. The molecule has 0 amide bonds. The smallest absolute Gasteiger partial charge is 0.323 e. The van der Waals surface area contributed by atoms with Crippen LogP contribution in [0.15, 0.2) is 23.8 Å². The Morgan fingerprint density at radius 2 is 1.79 bits per heavy atom. The molecule has 2 aliphatic rings. The topological polar surface area (TPSA) is 52.6 Å². The molecular formula is C20H30O4. The Labute approximate surface area is 145 Å². The van der Waals surface area contributed by atoms with Crippen molar-refractivity contribution < 1.29 is 19.1 Å². The summed E-state index contributed by atoms with van der Waals surface area (Å²) < 4.78 is 9.99. The number of fused-ring (bicyclic) bond motifs is 1. The maximum Gasteiger partial charge on any atom is 0.323 e. The van der Waals surface area contributed by atoms with E-state index in [0.717, 1.165) is 12.8 Å². The molecule has 1 saturated carbocycles. The molecule has 4 nitrogen and oxygen atoms in total. The lowest BCUT2D eigenvalue weighted by atomic mass is 9.70. The third-order valence-electron chi connectivity index (χ3n) is 5.50. The van der Waals surface area contributed by atoms with Crippen LogP contribution in [0.4, 0.5) is 0 Å². The van der Waals surface area contributed by atoms with Crippen LogP contribution in [0.3, 0.4) is 0 Å². The number of methoxy groups -OCH3 is 2. The largest absolute Gasteiger partial charge is 0.468 e. The van der Waals surface area contributed by atoms with Crippen LogP contribution in [-0.4, -0.2) is 26.2 Å². The second kappa shape index (κ2) is 6.38. The molecule has 0 aromatic heterocycles. The van der Waals surface area contributed by atoms with Crippen molar-refractivity contribution in [3.05, 3.63) is 23.8 Å². The fraction of sp³-hybridized carbons (Fsp3) is 0.700.